The number of hydrogen-bond donors (Lipinski definition) is 2. The number of aromatic nitrogens is 2. The van der Waals surface area contributed by atoms with Crippen LogP contribution in [-0.2, 0) is 11.3 Å². The first-order valence-electron chi connectivity index (χ1n) is 5.76. The van der Waals surface area contributed by atoms with Crippen molar-refractivity contribution in [3.05, 3.63) is 18.2 Å². The Morgan fingerprint density at radius 1 is 1.75 bits per heavy atom. The number of primary amides is 1. The van der Waals surface area contributed by atoms with Crippen LogP contribution in [0.3, 0.4) is 0 Å². The molecule has 1 aromatic heterocycles. The van der Waals surface area contributed by atoms with Crippen LogP contribution in [0, 0.1) is 0 Å². The van der Waals surface area contributed by atoms with Gasteiger partial charge in [-0.3, -0.25) is 4.79 Å². The molecule has 0 spiro atoms. The lowest BCUT2D eigenvalue weighted by atomic mass is 10.2. The van der Waals surface area contributed by atoms with Crippen LogP contribution < -0.4 is 11.1 Å². The summed E-state index contributed by atoms with van der Waals surface area (Å²) in [6.45, 7) is 3.28. The second kappa shape index (κ2) is 4.65. The van der Waals surface area contributed by atoms with Crippen molar-refractivity contribution in [3.63, 3.8) is 0 Å². The molecule has 1 amide bonds. The fourth-order valence-electron chi connectivity index (χ4n) is 1.87. The molecule has 5 nitrogen and oxygen atoms in total. The fraction of sp³-hybridized carbons (Fsp3) is 0.636. The van der Waals surface area contributed by atoms with E-state index in [4.69, 9.17) is 5.73 Å². The Labute approximate surface area is 95.0 Å². The minimum atomic E-state index is -0.309. The average molecular weight is 222 g/mol. The van der Waals surface area contributed by atoms with E-state index in [1.54, 1.807) is 6.20 Å². The Kier molecular flexibility index (Phi) is 3.24. The maximum atomic E-state index is 11.2. The van der Waals surface area contributed by atoms with Crippen LogP contribution in [0.5, 0.6) is 0 Å². The molecule has 0 aliphatic heterocycles. The van der Waals surface area contributed by atoms with E-state index < -0.39 is 0 Å². The van der Waals surface area contributed by atoms with E-state index in [2.05, 4.69) is 10.3 Å². The molecular weight excluding hydrogens is 204 g/mol. The Hall–Kier alpha value is -1.36. The number of carbonyl (C=O) groups excluding carboxylic acids is 1. The van der Waals surface area contributed by atoms with Crippen molar-refractivity contribution >= 4 is 5.91 Å². The molecule has 3 N–H and O–H groups in total. The van der Waals surface area contributed by atoms with Gasteiger partial charge in [-0.1, -0.05) is 6.92 Å². The van der Waals surface area contributed by atoms with Crippen molar-refractivity contribution < 1.29 is 4.79 Å². The number of rotatable bonds is 6. The minimum absolute atomic E-state index is 0.308. The van der Waals surface area contributed by atoms with E-state index >= 15 is 0 Å². The van der Waals surface area contributed by atoms with Gasteiger partial charge >= 0.3 is 0 Å². The fourth-order valence-corrected chi connectivity index (χ4v) is 1.87. The zero-order valence-corrected chi connectivity index (χ0v) is 9.52. The number of hydrogen-bond acceptors (Lipinski definition) is 3. The predicted octanol–water partition coefficient (Wildman–Crippen LogP) is 0.224. The molecule has 16 heavy (non-hydrogen) atoms. The quantitative estimate of drug-likeness (QED) is 0.723. The van der Waals surface area contributed by atoms with E-state index in [0.717, 1.165) is 12.4 Å². The Balaban J connectivity index is 2.05. The molecular formula is C11H18N4O. The molecule has 0 bridgehead atoms. The highest BCUT2D eigenvalue weighted by Crippen LogP contribution is 2.38. The number of imidazole rings is 1. The Morgan fingerprint density at radius 3 is 3.06 bits per heavy atom. The predicted molar refractivity (Wildman–Crippen MR) is 60.9 cm³/mol. The molecule has 1 fully saturated rings. The smallest absolute Gasteiger partial charge is 0.236 e. The van der Waals surface area contributed by atoms with Crippen molar-refractivity contribution in [3.8, 4) is 0 Å². The van der Waals surface area contributed by atoms with Crippen molar-refractivity contribution in [2.45, 2.75) is 38.3 Å². The van der Waals surface area contributed by atoms with Crippen molar-refractivity contribution in [1.82, 2.24) is 14.9 Å². The van der Waals surface area contributed by atoms with Gasteiger partial charge in [0.05, 0.1) is 0 Å². The first-order chi connectivity index (χ1) is 7.72. The summed E-state index contributed by atoms with van der Waals surface area (Å²) in [7, 11) is 0. The van der Waals surface area contributed by atoms with E-state index in [1.165, 1.54) is 12.8 Å². The second-order valence-corrected chi connectivity index (χ2v) is 4.22. The molecule has 0 saturated heterocycles. The van der Waals surface area contributed by atoms with Crippen LogP contribution >= 0.6 is 0 Å². The number of nitrogens with zero attached hydrogens (tertiary/aromatic N) is 2. The summed E-state index contributed by atoms with van der Waals surface area (Å²) in [5, 5.41) is 3.08. The molecule has 1 aromatic rings. The van der Waals surface area contributed by atoms with Crippen molar-refractivity contribution in [2.75, 3.05) is 6.54 Å². The molecule has 1 heterocycles. The maximum Gasteiger partial charge on any atom is 0.236 e. The Morgan fingerprint density at radius 2 is 2.50 bits per heavy atom. The highest BCUT2D eigenvalue weighted by molar-refractivity contribution is 5.79. The van der Waals surface area contributed by atoms with Gasteiger partial charge < -0.3 is 15.6 Å². The first kappa shape index (κ1) is 11.1. The van der Waals surface area contributed by atoms with Gasteiger partial charge in [0.2, 0.25) is 5.91 Å². The maximum absolute atomic E-state index is 11.2. The summed E-state index contributed by atoms with van der Waals surface area (Å²) in [6.07, 6.45) is 6.12. The zero-order chi connectivity index (χ0) is 11.5. The molecule has 2 rings (SSSR count). The first-order valence-corrected chi connectivity index (χ1v) is 5.76. The number of carbonyl (C=O) groups is 1. The normalized spacial score (nSPS) is 17.3. The number of nitrogens with two attached hydrogens (primary N) is 1. The van der Waals surface area contributed by atoms with Crippen LogP contribution in [0.25, 0.3) is 0 Å². The van der Waals surface area contributed by atoms with Crippen LogP contribution in [-0.4, -0.2) is 28.0 Å². The van der Waals surface area contributed by atoms with Crippen LogP contribution in [0.2, 0.25) is 0 Å². The number of likely N-dealkylation sites (N-methyl/N-ethyl adjacent to an activating group) is 1. The lowest BCUT2D eigenvalue weighted by Crippen LogP contribution is -2.44. The van der Waals surface area contributed by atoms with Gasteiger partial charge in [-0.05, 0) is 19.4 Å². The Bertz CT molecular complexity index is 370. The van der Waals surface area contributed by atoms with Crippen molar-refractivity contribution in [2.24, 2.45) is 5.73 Å². The van der Waals surface area contributed by atoms with Gasteiger partial charge in [0.25, 0.3) is 0 Å². The standard InChI is InChI=1S/C11H18N4O/c1-2-13-9(10(12)16)7-15-6-5-14-11(15)8-3-4-8/h5-6,8-9,13H,2-4,7H2,1H3,(H2,12,16). The van der Waals surface area contributed by atoms with Crippen LogP contribution in [0.4, 0.5) is 0 Å². The third-order valence-electron chi connectivity index (χ3n) is 2.86. The van der Waals surface area contributed by atoms with E-state index in [1.807, 2.05) is 17.7 Å². The van der Waals surface area contributed by atoms with E-state index in [9.17, 15) is 4.79 Å². The van der Waals surface area contributed by atoms with Gasteiger partial charge in [-0.15, -0.1) is 0 Å². The molecule has 1 aliphatic rings. The molecule has 1 atom stereocenters. The molecule has 0 radical (unpaired) electrons. The SMILES string of the molecule is CCNC(Cn1ccnc1C1CC1)C(N)=O. The topological polar surface area (TPSA) is 72.9 Å². The molecule has 1 unspecified atom stereocenters. The van der Waals surface area contributed by atoms with Crippen LogP contribution in [0.1, 0.15) is 31.5 Å². The molecule has 1 aliphatic carbocycles. The number of amides is 1. The zero-order valence-electron chi connectivity index (χ0n) is 9.52. The summed E-state index contributed by atoms with van der Waals surface area (Å²) in [6, 6.07) is -0.309. The van der Waals surface area contributed by atoms with Gasteiger partial charge in [-0.2, -0.15) is 0 Å². The van der Waals surface area contributed by atoms with Crippen LogP contribution in [0.15, 0.2) is 12.4 Å². The average Bonchev–Trinajstić information content (AvgIpc) is 2.99. The monoisotopic (exact) mass is 222 g/mol. The third kappa shape index (κ3) is 2.41. The van der Waals surface area contributed by atoms with Gasteiger partial charge in [0, 0.05) is 24.9 Å². The van der Waals surface area contributed by atoms with Gasteiger partial charge in [0.15, 0.2) is 0 Å². The largest absolute Gasteiger partial charge is 0.368 e. The lowest BCUT2D eigenvalue weighted by molar-refractivity contribution is -0.120. The summed E-state index contributed by atoms with van der Waals surface area (Å²) in [4.78, 5) is 15.6. The van der Waals surface area contributed by atoms with Gasteiger partial charge in [-0.25, -0.2) is 4.98 Å². The summed E-state index contributed by atoms with van der Waals surface area (Å²) < 4.78 is 2.04. The van der Waals surface area contributed by atoms with E-state index in [0.29, 0.717) is 12.5 Å². The van der Waals surface area contributed by atoms with E-state index in [-0.39, 0.29) is 11.9 Å². The summed E-state index contributed by atoms with van der Waals surface area (Å²) in [5.74, 6) is 1.37. The highest BCUT2D eigenvalue weighted by atomic mass is 16.1. The third-order valence-corrected chi connectivity index (χ3v) is 2.86. The molecule has 88 valence electrons. The minimum Gasteiger partial charge on any atom is -0.368 e. The molecule has 0 aromatic carbocycles. The lowest BCUT2D eigenvalue weighted by Gasteiger charge is -2.16. The second-order valence-electron chi connectivity index (χ2n) is 4.22. The van der Waals surface area contributed by atoms with Crippen molar-refractivity contribution in [1.29, 1.82) is 0 Å². The highest BCUT2D eigenvalue weighted by Gasteiger charge is 2.28. The molecule has 1 saturated carbocycles. The molecule has 5 heteroatoms. The van der Waals surface area contributed by atoms with Gasteiger partial charge in [0.1, 0.15) is 11.9 Å². The number of nitrogens with one attached hydrogen (secondary N) is 1. The summed E-state index contributed by atoms with van der Waals surface area (Å²) >= 11 is 0. The summed E-state index contributed by atoms with van der Waals surface area (Å²) in [5.41, 5.74) is 5.35.